The Morgan fingerprint density at radius 2 is 1.91 bits per heavy atom. The number of amides is 2. The molecule has 0 aromatic rings. The van der Waals surface area contributed by atoms with Crippen molar-refractivity contribution in [3.8, 4) is 0 Å². The van der Waals surface area contributed by atoms with E-state index in [4.69, 9.17) is 4.74 Å². The summed E-state index contributed by atoms with van der Waals surface area (Å²) >= 11 is 0. The number of carbonyl (C=O) groups excluding carboxylic acids is 2. The second-order valence-corrected chi connectivity index (χ2v) is 7.80. The van der Waals surface area contributed by atoms with E-state index in [2.05, 4.69) is 38.3 Å². The Morgan fingerprint density at radius 3 is 2.50 bits per heavy atom. The Balaban J connectivity index is 2.54. The summed E-state index contributed by atoms with van der Waals surface area (Å²) in [7, 11) is 0. The van der Waals surface area contributed by atoms with Gasteiger partial charge in [0.15, 0.2) is 0 Å². The number of hydrogen-bond donors (Lipinski definition) is 2. The van der Waals surface area contributed by atoms with Crippen LogP contribution in [0.5, 0.6) is 0 Å². The molecule has 0 spiro atoms. The summed E-state index contributed by atoms with van der Waals surface area (Å²) in [5.74, 6) is 0.0111. The molecule has 5 heteroatoms. The quantitative estimate of drug-likeness (QED) is 0.740. The largest absolute Gasteiger partial charge is 0.450 e. The van der Waals surface area contributed by atoms with Crippen LogP contribution >= 0.6 is 0 Å². The van der Waals surface area contributed by atoms with Gasteiger partial charge in [-0.05, 0) is 36.5 Å². The third kappa shape index (κ3) is 6.67. The second kappa shape index (κ2) is 7.84. The number of alkyl carbamates (subject to hydrolysis) is 1. The molecule has 0 radical (unpaired) electrons. The van der Waals surface area contributed by atoms with E-state index in [1.807, 2.05) is 0 Å². The highest BCUT2D eigenvalue weighted by atomic mass is 16.5. The van der Waals surface area contributed by atoms with Crippen LogP contribution in [0.15, 0.2) is 0 Å². The zero-order valence-electron chi connectivity index (χ0n) is 14.8. The lowest BCUT2D eigenvalue weighted by Gasteiger charge is -2.46. The van der Waals surface area contributed by atoms with Gasteiger partial charge in [-0.1, -0.05) is 34.1 Å². The molecule has 128 valence electrons. The molecule has 0 aromatic carbocycles. The Hall–Kier alpha value is -1.26. The van der Waals surface area contributed by atoms with Gasteiger partial charge in [0.1, 0.15) is 0 Å². The second-order valence-electron chi connectivity index (χ2n) is 7.80. The molecule has 2 atom stereocenters. The number of carbonyl (C=O) groups is 2. The van der Waals surface area contributed by atoms with E-state index < -0.39 is 0 Å². The first-order valence-corrected chi connectivity index (χ1v) is 8.33. The molecule has 0 bridgehead atoms. The van der Waals surface area contributed by atoms with E-state index in [0.717, 1.165) is 32.1 Å². The molecule has 1 aliphatic rings. The van der Waals surface area contributed by atoms with E-state index >= 15 is 0 Å². The molecule has 2 N–H and O–H groups in total. The van der Waals surface area contributed by atoms with Crippen LogP contribution in [0.2, 0.25) is 0 Å². The van der Waals surface area contributed by atoms with Crippen molar-refractivity contribution in [2.75, 3.05) is 13.2 Å². The maximum absolute atomic E-state index is 11.7. The highest BCUT2D eigenvalue weighted by Gasteiger charge is 2.41. The number of ether oxygens (including phenoxy) is 1. The van der Waals surface area contributed by atoms with E-state index in [1.54, 1.807) is 6.92 Å². The number of rotatable bonds is 6. The Labute approximate surface area is 134 Å². The fourth-order valence-electron chi connectivity index (χ4n) is 3.80. The van der Waals surface area contributed by atoms with Crippen LogP contribution in [0, 0.1) is 10.8 Å². The third-order valence-electron chi connectivity index (χ3n) is 4.24. The summed E-state index contributed by atoms with van der Waals surface area (Å²) in [5.41, 5.74) is 0.118. The fourth-order valence-corrected chi connectivity index (χ4v) is 3.80. The molecule has 22 heavy (non-hydrogen) atoms. The third-order valence-corrected chi connectivity index (χ3v) is 4.24. The van der Waals surface area contributed by atoms with Crippen molar-refractivity contribution in [3.05, 3.63) is 0 Å². The van der Waals surface area contributed by atoms with Crippen molar-refractivity contribution in [2.24, 2.45) is 10.8 Å². The summed E-state index contributed by atoms with van der Waals surface area (Å²) in [6.45, 7) is 11.3. The van der Waals surface area contributed by atoms with Gasteiger partial charge in [-0.2, -0.15) is 0 Å². The lowest BCUT2D eigenvalue weighted by molar-refractivity contribution is -0.120. The first kappa shape index (κ1) is 18.8. The molecule has 1 fully saturated rings. The predicted octanol–water partition coefficient (Wildman–Crippen LogP) is 3.23. The van der Waals surface area contributed by atoms with Gasteiger partial charge in [-0.25, -0.2) is 4.79 Å². The molecule has 0 heterocycles. The van der Waals surface area contributed by atoms with Gasteiger partial charge in [0.05, 0.1) is 6.61 Å². The van der Waals surface area contributed by atoms with Crippen molar-refractivity contribution in [1.82, 2.24) is 10.6 Å². The first-order valence-electron chi connectivity index (χ1n) is 8.33. The average Bonchev–Trinajstić information content (AvgIpc) is 2.33. The Morgan fingerprint density at radius 1 is 1.23 bits per heavy atom. The van der Waals surface area contributed by atoms with Crippen LogP contribution in [-0.2, 0) is 9.53 Å². The maximum Gasteiger partial charge on any atom is 0.407 e. The van der Waals surface area contributed by atoms with E-state index in [0.29, 0.717) is 13.2 Å². The van der Waals surface area contributed by atoms with E-state index in [9.17, 15) is 9.59 Å². The van der Waals surface area contributed by atoms with Crippen LogP contribution in [0.3, 0.4) is 0 Å². The lowest BCUT2D eigenvalue weighted by atomic mass is 9.62. The summed E-state index contributed by atoms with van der Waals surface area (Å²) in [4.78, 5) is 23.1. The van der Waals surface area contributed by atoms with E-state index in [-0.39, 0.29) is 28.9 Å². The van der Waals surface area contributed by atoms with Crippen molar-refractivity contribution in [2.45, 2.75) is 72.8 Å². The Bertz CT molecular complexity index is 395. The fraction of sp³-hybridized carbons (Fsp3) is 0.882. The molecule has 5 nitrogen and oxygen atoms in total. The highest BCUT2D eigenvalue weighted by molar-refractivity contribution is 5.73. The van der Waals surface area contributed by atoms with Crippen molar-refractivity contribution in [1.29, 1.82) is 0 Å². The SMILES string of the molecule is CCCCOC(=O)NCC1(C)CC(NC(C)=O)CC(C)(C)C1. The van der Waals surface area contributed by atoms with Gasteiger partial charge in [0.25, 0.3) is 0 Å². The molecular weight excluding hydrogens is 280 g/mol. The van der Waals surface area contributed by atoms with Crippen LogP contribution in [0.25, 0.3) is 0 Å². The summed E-state index contributed by atoms with van der Waals surface area (Å²) in [6.07, 6.45) is 4.44. The van der Waals surface area contributed by atoms with Gasteiger partial charge < -0.3 is 15.4 Å². The van der Waals surface area contributed by atoms with Crippen molar-refractivity contribution >= 4 is 12.0 Å². The van der Waals surface area contributed by atoms with Gasteiger partial charge >= 0.3 is 6.09 Å². The normalized spacial score (nSPS) is 27.0. The van der Waals surface area contributed by atoms with Gasteiger partial charge in [0, 0.05) is 19.5 Å². The summed E-state index contributed by atoms with van der Waals surface area (Å²) in [6, 6.07) is 0.171. The standard InChI is InChI=1S/C17H32N2O3/c1-6-7-8-22-15(21)18-12-17(5)10-14(19-13(2)20)9-16(3,4)11-17/h14H,6-12H2,1-5H3,(H,18,21)(H,19,20). The molecule has 0 aliphatic heterocycles. The lowest BCUT2D eigenvalue weighted by Crippen LogP contribution is -2.50. The molecule has 0 saturated heterocycles. The van der Waals surface area contributed by atoms with Crippen molar-refractivity contribution < 1.29 is 14.3 Å². The first-order chi connectivity index (χ1) is 10.2. The summed E-state index contributed by atoms with van der Waals surface area (Å²) < 4.78 is 5.14. The number of nitrogens with one attached hydrogen (secondary N) is 2. The Kier molecular flexibility index (Phi) is 6.69. The molecule has 2 amide bonds. The zero-order chi connectivity index (χ0) is 16.8. The van der Waals surface area contributed by atoms with Crippen LogP contribution in [0.1, 0.15) is 66.7 Å². The minimum atomic E-state index is -0.339. The van der Waals surface area contributed by atoms with Crippen LogP contribution in [-0.4, -0.2) is 31.2 Å². The molecule has 1 rings (SSSR count). The monoisotopic (exact) mass is 312 g/mol. The van der Waals surface area contributed by atoms with Crippen LogP contribution < -0.4 is 10.6 Å². The molecule has 1 aliphatic carbocycles. The molecule has 2 unspecified atom stereocenters. The molecular formula is C17H32N2O3. The van der Waals surface area contributed by atoms with Crippen molar-refractivity contribution in [3.63, 3.8) is 0 Å². The molecule has 0 aromatic heterocycles. The predicted molar refractivity (Wildman–Crippen MR) is 87.6 cm³/mol. The minimum absolute atomic E-state index is 0.0111. The van der Waals surface area contributed by atoms with E-state index in [1.165, 1.54) is 0 Å². The number of hydrogen-bond acceptors (Lipinski definition) is 3. The van der Waals surface area contributed by atoms with Gasteiger partial charge in [0.2, 0.25) is 5.91 Å². The smallest absolute Gasteiger partial charge is 0.407 e. The zero-order valence-corrected chi connectivity index (χ0v) is 14.8. The highest BCUT2D eigenvalue weighted by Crippen LogP contribution is 2.45. The van der Waals surface area contributed by atoms with Crippen LogP contribution in [0.4, 0.5) is 4.79 Å². The van der Waals surface area contributed by atoms with Gasteiger partial charge in [-0.3, -0.25) is 4.79 Å². The molecule has 1 saturated carbocycles. The summed E-state index contributed by atoms with van der Waals surface area (Å²) in [5, 5.41) is 5.93. The minimum Gasteiger partial charge on any atom is -0.450 e. The maximum atomic E-state index is 11.7. The topological polar surface area (TPSA) is 67.4 Å². The number of unbranched alkanes of at least 4 members (excludes halogenated alkanes) is 1. The average molecular weight is 312 g/mol. The van der Waals surface area contributed by atoms with Gasteiger partial charge in [-0.15, -0.1) is 0 Å².